The Labute approximate surface area is 262 Å². The van der Waals surface area contributed by atoms with Crippen molar-refractivity contribution in [3.8, 4) is 12.1 Å². The van der Waals surface area contributed by atoms with E-state index in [4.69, 9.17) is 36.3 Å². The van der Waals surface area contributed by atoms with E-state index >= 15 is 0 Å². The van der Waals surface area contributed by atoms with E-state index in [1.54, 1.807) is 6.07 Å². The van der Waals surface area contributed by atoms with Crippen molar-refractivity contribution >= 4 is 34.1 Å². The smallest absolute Gasteiger partial charge is 0.318 e. The van der Waals surface area contributed by atoms with E-state index in [1.807, 2.05) is 18.2 Å². The zero-order chi connectivity index (χ0) is 31.4. The maximum absolute atomic E-state index is 13.5. The summed E-state index contributed by atoms with van der Waals surface area (Å²) in [4.78, 5) is 27.7. The number of nitriles is 1. The molecular formula is C33H38ClFN6O3. The number of nitrogens with zero attached hydrogens (tertiary/aromatic N) is 6. The maximum atomic E-state index is 13.5. The first-order valence-corrected chi connectivity index (χ1v) is 15.2. The monoisotopic (exact) mass is 620 g/mol. The number of carbonyl (C=O) groups is 1. The van der Waals surface area contributed by atoms with Gasteiger partial charge >= 0.3 is 6.01 Å². The van der Waals surface area contributed by atoms with Crippen LogP contribution in [0.1, 0.15) is 42.7 Å². The molecule has 2 fully saturated rings. The molecule has 6 rings (SSSR count). The highest BCUT2D eigenvalue weighted by atomic mass is 35.5. The second kappa shape index (κ2) is 13.5. The topological polar surface area (TPSA) is 94.8 Å². The van der Waals surface area contributed by atoms with Crippen molar-refractivity contribution in [1.29, 1.82) is 5.26 Å². The van der Waals surface area contributed by atoms with Gasteiger partial charge in [-0.15, -0.1) is 0 Å². The van der Waals surface area contributed by atoms with Crippen LogP contribution in [0.15, 0.2) is 48.8 Å². The van der Waals surface area contributed by atoms with E-state index in [0.29, 0.717) is 56.8 Å². The van der Waals surface area contributed by atoms with Gasteiger partial charge in [0.15, 0.2) is 5.83 Å². The molecule has 0 radical (unpaired) electrons. The average Bonchev–Trinajstić information content (AvgIpc) is 3.78. The summed E-state index contributed by atoms with van der Waals surface area (Å²) in [6.45, 7) is 8.21. The summed E-state index contributed by atoms with van der Waals surface area (Å²) < 4.78 is 26.2. The molecular weight excluding hydrogens is 583 g/mol. The number of anilines is 1. The van der Waals surface area contributed by atoms with Gasteiger partial charge in [-0.2, -0.15) is 15.2 Å². The minimum atomic E-state index is -0.937. The van der Waals surface area contributed by atoms with Gasteiger partial charge in [0.25, 0.3) is 5.91 Å². The Morgan fingerprint density at radius 3 is 2.52 bits per heavy atom. The Morgan fingerprint density at radius 1 is 1.20 bits per heavy atom. The second-order valence-corrected chi connectivity index (χ2v) is 12.3. The number of hydrogen-bond donors (Lipinski definition) is 0. The zero-order valence-corrected chi connectivity index (χ0v) is 26.2. The normalized spacial score (nSPS) is 18.6. The third-order valence-electron chi connectivity index (χ3n) is 8.31. The predicted octanol–water partition coefficient (Wildman–Crippen LogP) is 5.48. The fourth-order valence-corrected chi connectivity index (χ4v) is 6.34. The summed E-state index contributed by atoms with van der Waals surface area (Å²) in [7, 11) is 4.16. The molecule has 1 aromatic heterocycles. The first-order valence-electron chi connectivity index (χ1n) is 14.8. The van der Waals surface area contributed by atoms with Gasteiger partial charge in [0.1, 0.15) is 5.82 Å². The number of aromatic nitrogens is 2. The Bertz CT molecular complexity index is 1570. The minimum Gasteiger partial charge on any atom is -0.463 e. The van der Waals surface area contributed by atoms with Crippen molar-refractivity contribution < 1.29 is 18.7 Å². The summed E-state index contributed by atoms with van der Waals surface area (Å²) in [6.07, 6.45) is 2.57. The zero-order valence-electron chi connectivity index (χ0n) is 25.5. The van der Waals surface area contributed by atoms with Crippen molar-refractivity contribution in [1.82, 2.24) is 19.8 Å². The number of benzene rings is 2. The SMILES string of the molecule is C=C(F)C(=O)N1CCN(c2nc(OCC3(CN(C)C)CC3)nc3c2COC(c2cccc4cccc(Cl)c24)C3)CC1.CC#N. The molecule has 0 spiro atoms. The molecule has 44 heavy (non-hydrogen) atoms. The highest BCUT2D eigenvalue weighted by molar-refractivity contribution is 6.35. The van der Waals surface area contributed by atoms with E-state index in [-0.39, 0.29) is 11.5 Å². The van der Waals surface area contributed by atoms with Crippen molar-refractivity contribution in [3.63, 3.8) is 0 Å². The van der Waals surface area contributed by atoms with Gasteiger partial charge in [0.05, 0.1) is 31.1 Å². The van der Waals surface area contributed by atoms with Gasteiger partial charge in [-0.25, -0.2) is 4.39 Å². The molecule has 11 heteroatoms. The van der Waals surface area contributed by atoms with Gasteiger partial charge in [-0.05, 0) is 44.0 Å². The van der Waals surface area contributed by atoms with E-state index in [1.165, 1.54) is 11.8 Å². The first kappa shape index (κ1) is 31.6. The molecule has 1 saturated carbocycles. The van der Waals surface area contributed by atoms with Crippen LogP contribution in [-0.4, -0.2) is 79.1 Å². The largest absolute Gasteiger partial charge is 0.463 e. The van der Waals surface area contributed by atoms with E-state index in [2.05, 4.69) is 48.7 Å². The first-order chi connectivity index (χ1) is 21.1. The highest BCUT2D eigenvalue weighted by Crippen LogP contribution is 2.46. The number of fused-ring (bicyclic) bond motifs is 2. The fourth-order valence-electron chi connectivity index (χ4n) is 6.05. The number of carbonyl (C=O) groups excluding carboxylic acids is 1. The molecule has 2 aliphatic heterocycles. The maximum Gasteiger partial charge on any atom is 0.318 e. The Morgan fingerprint density at radius 2 is 1.89 bits per heavy atom. The molecule has 3 heterocycles. The molecule has 3 aromatic rings. The molecule has 0 bridgehead atoms. The van der Waals surface area contributed by atoms with Crippen LogP contribution in [0, 0.1) is 16.7 Å². The molecule has 1 saturated heterocycles. The van der Waals surface area contributed by atoms with Crippen molar-refractivity contribution in [2.24, 2.45) is 5.41 Å². The highest BCUT2D eigenvalue weighted by Gasteiger charge is 2.44. The lowest BCUT2D eigenvalue weighted by molar-refractivity contribution is -0.128. The van der Waals surface area contributed by atoms with Gasteiger partial charge in [0.2, 0.25) is 0 Å². The quantitative estimate of drug-likeness (QED) is 0.306. The third-order valence-corrected chi connectivity index (χ3v) is 8.62. The van der Waals surface area contributed by atoms with Gasteiger partial charge in [0, 0.05) is 67.5 Å². The van der Waals surface area contributed by atoms with E-state index in [9.17, 15) is 9.18 Å². The summed E-state index contributed by atoms with van der Waals surface area (Å²) in [5.41, 5.74) is 2.97. The Hall–Kier alpha value is -3.78. The molecule has 1 unspecified atom stereocenters. The molecule has 2 aromatic carbocycles. The molecule has 1 aliphatic carbocycles. The third kappa shape index (κ3) is 6.96. The Balaban J connectivity index is 0.00000123. The summed E-state index contributed by atoms with van der Waals surface area (Å²) >= 11 is 6.64. The molecule has 9 nitrogen and oxygen atoms in total. The van der Waals surface area contributed by atoms with Crippen LogP contribution in [0.25, 0.3) is 10.8 Å². The summed E-state index contributed by atoms with van der Waals surface area (Å²) in [6, 6.07) is 14.2. The number of hydrogen-bond acceptors (Lipinski definition) is 8. The van der Waals surface area contributed by atoms with Crippen molar-refractivity contribution in [3.05, 3.63) is 70.6 Å². The molecule has 1 amide bonds. The number of rotatable bonds is 8. The van der Waals surface area contributed by atoms with E-state index < -0.39 is 11.7 Å². The molecule has 232 valence electrons. The van der Waals surface area contributed by atoms with Crippen LogP contribution in [0.3, 0.4) is 0 Å². The van der Waals surface area contributed by atoms with Crippen molar-refractivity contribution in [2.45, 2.75) is 38.9 Å². The average molecular weight is 621 g/mol. The summed E-state index contributed by atoms with van der Waals surface area (Å²) in [5, 5.41) is 10.1. The van der Waals surface area contributed by atoms with Crippen LogP contribution < -0.4 is 9.64 Å². The van der Waals surface area contributed by atoms with Crippen molar-refractivity contribution in [2.75, 3.05) is 58.3 Å². The van der Waals surface area contributed by atoms with Gasteiger partial charge in [-0.1, -0.05) is 48.5 Å². The minimum absolute atomic E-state index is 0.134. The van der Waals surface area contributed by atoms with Gasteiger partial charge < -0.3 is 24.2 Å². The van der Waals surface area contributed by atoms with Crippen LogP contribution in [0.2, 0.25) is 5.02 Å². The second-order valence-electron chi connectivity index (χ2n) is 11.9. The molecule has 1 atom stereocenters. The van der Waals surface area contributed by atoms with Crippen LogP contribution in [0.4, 0.5) is 10.2 Å². The fraction of sp³-hybridized carbons (Fsp3) is 0.455. The molecule has 0 N–H and O–H groups in total. The number of piperazine rings is 1. The van der Waals surface area contributed by atoms with Crippen LogP contribution >= 0.6 is 11.6 Å². The lowest BCUT2D eigenvalue weighted by Crippen LogP contribution is -2.49. The number of amides is 1. The molecule has 3 aliphatic rings. The number of halogens is 2. The lowest BCUT2D eigenvalue weighted by atomic mass is 9.94. The standard InChI is InChI=1S/C31H35ClFN5O3.C2H3N/c1-20(33)29(39)38-14-12-37(13-15-38)28-23-17-40-26(22-8-4-6-21-7-5-9-24(32)27(21)22)16-25(23)34-30(35-28)41-19-31(10-11-31)18-36(2)3;1-2-3/h4-9,26H,1,10-19H2,2-3H3;1H3. The van der Waals surface area contributed by atoms with Gasteiger partial charge in [-0.3, -0.25) is 4.79 Å². The summed E-state index contributed by atoms with van der Waals surface area (Å²) in [5.74, 6) is -0.842. The lowest BCUT2D eigenvalue weighted by Gasteiger charge is -2.37. The number of ether oxygens (including phenoxy) is 2. The van der Waals surface area contributed by atoms with E-state index in [0.717, 1.165) is 52.8 Å². The Kier molecular flexibility index (Phi) is 9.68. The van der Waals surface area contributed by atoms with Crippen LogP contribution in [-0.2, 0) is 22.6 Å². The van der Waals surface area contributed by atoms with Crippen LogP contribution in [0.5, 0.6) is 6.01 Å². The predicted molar refractivity (Wildman–Crippen MR) is 168 cm³/mol.